The van der Waals surface area contributed by atoms with Crippen LogP contribution in [0.2, 0.25) is 15.1 Å². The van der Waals surface area contributed by atoms with Crippen LogP contribution in [0.4, 0.5) is 13.2 Å². The third-order valence-electron chi connectivity index (χ3n) is 4.86. The van der Waals surface area contributed by atoms with Gasteiger partial charge in [0.2, 0.25) is 11.8 Å². The first kappa shape index (κ1) is 28.7. The molecule has 0 saturated heterocycles. The topological polar surface area (TPSA) is 75.3 Å². The molecule has 0 radical (unpaired) electrons. The van der Waals surface area contributed by atoms with Crippen LogP contribution in [-0.4, -0.2) is 35.9 Å². The lowest BCUT2D eigenvalue weighted by molar-refractivity contribution is -0.175. The van der Waals surface area contributed by atoms with Crippen LogP contribution < -0.4 is 10.6 Å². The van der Waals surface area contributed by atoms with E-state index in [0.29, 0.717) is 21.2 Å². The van der Waals surface area contributed by atoms with E-state index in [9.17, 15) is 27.6 Å². The number of hydrogen-bond donors (Lipinski definition) is 2. The fourth-order valence-electron chi connectivity index (χ4n) is 3.08. The fourth-order valence-corrected chi connectivity index (χ4v) is 3.60. The summed E-state index contributed by atoms with van der Waals surface area (Å²) in [7, 11) is 0. The average molecular weight is 550 g/mol. The van der Waals surface area contributed by atoms with Crippen LogP contribution in [-0.2, 0) is 20.8 Å². The molecule has 35 heavy (non-hydrogen) atoms. The van der Waals surface area contributed by atoms with E-state index < -0.39 is 41.8 Å². The number of rotatable bonds is 9. The van der Waals surface area contributed by atoms with Crippen molar-refractivity contribution >= 4 is 58.5 Å². The highest BCUT2D eigenvalue weighted by molar-refractivity contribution is 6.42. The number of nitrogens with one attached hydrogen (secondary N) is 2. The lowest BCUT2D eigenvalue weighted by atomic mass is 9.98. The van der Waals surface area contributed by atoms with Crippen molar-refractivity contribution in [2.75, 3.05) is 0 Å². The van der Waals surface area contributed by atoms with E-state index in [1.165, 1.54) is 26.0 Å². The Labute approximate surface area is 215 Å². The minimum Gasteiger partial charge on any atom is -0.344 e. The first-order chi connectivity index (χ1) is 16.3. The summed E-state index contributed by atoms with van der Waals surface area (Å²) >= 11 is 17.8. The van der Waals surface area contributed by atoms with Crippen molar-refractivity contribution in [2.24, 2.45) is 5.92 Å². The Bertz CT molecular complexity index is 1120. The van der Waals surface area contributed by atoms with Crippen LogP contribution >= 0.6 is 34.8 Å². The van der Waals surface area contributed by atoms with Gasteiger partial charge in [0.15, 0.2) is 0 Å². The fraction of sp³-hybridized carbons (Fsp3) is 0.292. The third-order valence-corrected chi connectivity index (χ3v) is 5.83. The highest BCUT2D eigenvalue weighted by Crippen LogP contribution is 2.23. The molecule has 0 bridgehead atoms. The van der Waals surface area contributed by atoms with E-state index in [1.807, 2.05) is 0 Å². The van der Waals surface area contributed by atoms with Gasteiger partial charge in [-0.15, -0.1) is 0 Å². The second kappa shape index (κ2) is 12.4. The first-order valence-electron chi connectivity index (χ1n) is 10.4. The van der Waals surface area contributed by atoms with Crippen LogP contribution in [0, 0.1) is 5.92 Å². The van der Waals surface area contributed by atoms with Crippen LogP contribution in [0.25, 0.3) is 6.08 Å². The molecule has 2 amide bonds. The molecule has 2 rings (SSSR count). The van der Waals surface area contributed by atoms with Gasteiger partial charge >= 0.3 is 6.18 Å². The molecule has 2 atom stereocenters. The van der Waals surface area contributed by atoms with Gasteiger partial charge in [0.25, 0.3) is 5.78 Å². The van der Waals surface area contributed by atoms with Crippen molar-refractivity contribution in [3.63, 3.8) is 0 Å². The molecular weight excluding hydrogens is 528 g/mol. The van der Waals surface area contributed by atoms with Crippen LogP contribution in [0.1, 0.15) is 25.0 Å². The Morgan fingerprint density at radius 1 is 0.971 bits per heavy atom. The summed E-state index contributed by atoms with van der Waals surface area (Å²) in [6, 6.07) is 8.02. The molecule has 2 aromatic rings. The molecule has 0 aliphatic rings. The van der Waals surface area contributed by atoms with Crippen molar-refractivity contribution < 1.29 is 27.6 Å². The average Bonchev–Trinajstić information content (AvgIpc) is 2.76. The van der Waals surface area contributed by atoms with Gasteiger partial charge in [0.05, 0.1) is 16.1 Å². The Balaban J connectivity index is 2.25. The molecule has 0 aromatic heterocycles. The summed E-state index contributed by atoms with van der Waals surface area (Å²) in [6.45, 7) is 2.75. The number of halogens is 6. The monoisotopic (exact) mass is 548 g/mol. The summed E-state index contributed by atoms with van der Waals surface area (Å²) in [5.74, 6) is -4.56. The minimum atomic E-state index is -5.13. The van der Waals surface area contributed by atoms with Gasteiger partial charge in [0.1, 0.15) is 6.04 Å². The van der Waals surface area contributed by atoms with Gasteiger partial charge in [-0.3, -0.25) is 14.4 Å². The molecule has 11 heteroatoms. The molecule has 188 valence electrons. The van der Waals surface area contributed by atoms with Gasteiger partial charge in [0, 0.05) is 17.5 Å². The molecule has 0 heterocycles. The normalized spacial score (nSPS) is 13.5. The lowest BCUT2D eigenvalue weighted by Crippen LogP contribution is -2.55. The molecule has 5 nitrogen and oxygen atoms in total. The van der Waals surface area contributed by atoms with Crippen molar-refractivity contribution in [3.8, 4) is 0 Å². The summed E-state index contributed by atoms with van der Waals surface area (Å²) < 4.78 is 39.0. The van der Waals surface area contributed by atoms with Crippen molar-refractivity contribution in [3.05, 3.63) is 74.7 Å². The number of ketones is 1. The predicted octanol–water partition coefficient (Wildman–Crippen LogP) is 5.66. The number of amides is 2. The number of carbonyl (C=O) groups excluding carboxylic acids is 3. The van der Waals surface area contributed by atoms with Crippen LogP contribution in [0.3, 0.4) is 0 Å². The molecule has 0 aliphatic heterocycles. The molecule has 2 aromatic carbocycles. The number of alkyl halides is 3. The summed E-state index contributed by atoms with van der Waals surface area (Å²) in [5, 5.41) is 5.60. The van der Waals surface area contributed by atoms with Gasteiger partial charge in [-0.1, -0.05) is 66.8 Å². The molecule has 0 fully saturated rings. The number of Topliss-reactive ketones (excluding diaryl/α,β-unsaturated/α-hetero) is 1. The smallest absolute Gasteiger partial charge is 0.344 e. The van der Waals surface area contributed by atoms with Gasteiger partial charge in [-0.2, -0.15) is 13.2 Å². The SMILES string of the molecule is CC(C)[C@H](NC(=O)[C@H](Cc1cccc(Cl)c1)NC(=O)/C=C/c1ccc(Cl)c(Cl)c1)C(=O)C(F)(F)F. The van der Waals surface area contributed by atoms with E-state index in [1.54, 1.807) is 36.4 Å². The Morgan fingerprint density at radius 2 is 1.66 bits per heavy atom. The van der Waals surface area contributed by atoms with Crippen LogP contribution in [0.15, 0.2) is 48.5 Å². The number of carbonyl (C=O) groups is 3. The minimum absolute atomic E-state index is 0.0796. The van der Waals surface area contributed by atoms with E-state index in [0.717, 1.165) is 6.08 Å². The zero-order valence-corrected chi connectivity index (χ0v) is 20.9. The van der Waals surface area contributed by atoms with Gasteiger partial charge in [-0.05, 0) is 47.4 Å². The van der Waals surface area contributed by atoms with Gasteiger partial charge in [-0.25, -0.2) is 0 Å². The zero-order valence-electron chi connectivity index (χ0n) is 18.6. The molecule has 0 saturated carbocycles. The number of benzene rings is 2. The van der Waals surface area contributed by atoms with E-state index in [-0.39, 0.29) is 11.4 Å². The highest BCUT2D eigenvalue weighted by atomic mass is 35.5. The predicted molar refractivity (Wildman–Crippen MR) is 130 cm³/mol. The molecule has 2 N–H and O–H groups in total. The number of hydrogen-bond acceptors (Lipinski definition) is 3. The summed E-state index contributed by atoms with van der Waals surface area (Å²) in [5.41, 5.74) is 1.11. The molecule has 0 aliphatic carbocycles. The second-order valence-electron chi connectivity index (χ2n) is 7.99. The maximum absolute atomic E-state index is 13.0. The maximum Gasteiger partial charge on any atom is 0.452 e. The summed E-state index contributed by atoms with van der Waals surface area (Å²) in [6.07, 6.45) is -2.64. The molecule has 0 unspecified atom stereocenters. The third kappa shape index (κ3) is 8.87. The second-order valence-corrected chi connectivity index (χ2v) is 9.25. The Morgan fingerprint density at radius 3 is 2.23 bits per heavy atom. The van der Waals surface area contributed by atoms with Crippen LogP contribution in [0.5, 0.6) is 0 Å². The maximum atomic E-state index is 13.0. The molecular formula is C24H22Cl3F3N2O3. The summed E-state index contributed by atoms with van der Waals surface area (Å²) in [4.78, 5) is 37.3. The van der Waals surface area contributed by atoms with Gasteiger partial charge < -0.3 is 10.6 Å². The largest absolute Gasteiger partial charge is 0.452 e. The van der Waals surface area contributed by atoms with E-state index in [4.69, 9.17) is 34.8 Å². The standard InChI is InChI=1S/C24H22Cl3F3N2O3/c1-13(2)21(22(34)24(28,29)30)32-23(35)19(12-15-4-3-5-16(25)10-15)31-20(33)9-7-14-6-8-17(26)18(27)11-14/h3-11,13,19,21H,12H2,1-2H3,(H,31,33)(H,32,35)/b9-7+/t19-,21-/m0/s1. The van der Waals surface area contributed by atoms with E-state index in [2.05, 4.69) is 10.6 Å². The molecule has 0 spiro atoms. The zero-order chi connectivity index (χ0) is 26.3. The lowest BCUT2D eigenvalue weighted by Gasteiger charge is -2.25. The van der Waals surface area contributed by atoms with E-state index >= 15 is 0 Å². The van der Waals surface area contributed by atoms with Crippen molar-refractivity contribution in [1.82, 2.24) is 10.6 Å². The highest BCUT2D eigenvalue weighted by Gasteiger charge is 2.45. The Hall–Kier alpha value is -2.55. The van der Waals surface area contributed by atoms with Crippen molar-refractivity contribution in [2.45, 2.75) is 38.5 Å². The first-order valence-corrected chi connectivity index (χ1v) is 11.5. The Kier molecular flexibility index (Phi) is 10.2. The quantitative estimate of drug-likeness (QED) is 0.397. The van der Waals surface area contributed by atoms with Crippen molar-refractivity contribution in [1.29, 1.82) is 0 Å².